The fourth-order valence-corrected chi connectivity index (χ4v) is 5.11. The lowest BCUT2D eigenvalue weighted by Gasteiger charge is -2.41. The summed E-state index contributed by atoms with van der Waals surface area (Å²) in [4.78, 5) is 15.0. The number of fused-ring (bicyclic) bond motifs is 1. The summed E-state index contributed by atoms with van der Waals surface area (Å²) >= 11 is 12.2. The number of likely N-dealkylation sites (tertiary alicyclic amines) is 1. The van der Waals surface area contributed by atoms with Gasteiger partial charge in [0.25, 0.3) is 5.91 Å². The summed E-state index contributed by atoms with van der Waals surface area (Å²) in [5.74, 6) is -0.0305. The van der Waals surface area contributed by atoms with Gasteiger partial charge in [0.05, 0.1) is 27.8 Å². The van der Waals surface area contributed by atoms with Crippen LogP contribution in [0.3, 0.4) is 0 Å². The topological polar surface area (TPSA) is 53.6 Å². The number of nitrogens with one attached hydrogen (secondary N) is 2. The molecule has 0 aliphatic carbocycles. The third-order valence-corrected chi connectivity index (χ3v) is 7.04. The number of nitrogens with zero attached hydrogens (tertiary/aromatic N) is 1. The molecule has 0 unspecified atom stereocenters. The Morgan fingerprint density at radius 3 is 2.62 bits per heavy atom. The van der Waals surface area contributed by atoms with Crippen LogP contribution in [0.4, 0.5) is 5.69 Å². The Kier molecular flexibility index (Phi) is 4.74. The van der Waals surface area contributed by atoms with Gasteiger partial charge < -0.3 is 15.4 Å². The standard InChI is InChI=1S/C22H23Cl2N3O2/c23-17-6-5-15(11-18(17)24)12-27-9-7-21(8-10-27)13-22(14-29-21)25-19-4-2-1-3-16(19)20(28)26-22/h1-6,11,25H,7-10,12-14H2,(H,26,28)/t22-/m1/s1. The fraction of sp³-hybridized carbons (Fsp3) is 0.409. The number of carbonyl (C=O) groups excluding carboxylic acids is 1. The number of ether oxygens (including phenoxy) is 1. The van der Waals surface area contributed by atoms with E-state index in [9.17, 15) is 4.79 Å². The van der Waals surface area contributed by atoms with Crippen LogP contribution in [0.2, 0.25) is 10.0 Å². The second-order valence-electron chi connectivity index (χ2n) is 8.38. The normalized spacial score (nSPS) is 25.7. The van der Waals surface area contributed by atoms with Crippen molar-refractivity contribution in [3.63, 3.8) is 0 Å². The minimum Gasteiger partial charge on any atom is -0.370 e. The molecule has 2 spiro atoms. The van der Waals surface area contributed by atoms with Gasteiger partial charge in [-0.1, -0.05) is 41.4 Å². The van der Waals surface area contributed by atoms with E-state index >= 15 is 0 Å². The summed E-state index contributed by atoms with van der Waals surface area (Å²) in [6.07, 6.45) is 2.66. The lowest BCUT2D eigenvalue weighted by molar-refractivity contribution is -0.0452. The van der Waals surface area contributed by atoms with Crippen molar-refractivity contribution in [2.45, 2.75) is 37.1 Å². The molecule has 0 saturated carbocycles. The first-order valence-electron chi connectivity index (χ1n) is 9.96. The van der Waals surface area contributed by atoms with Gasteiger partial charge in [-0.05, 0) is 42.7 Å². The zero-order valence-electron chi connectivity index (χ0n) is 16.0. The molecule has 2 aromatic carbocycles. The molecule has 5 nitrogen and oxygen atoms in total. The van der Waals surface area contributed by atoms with Crippen LogP contribution in [0.25, 0.3) is 0 Å². The third kappa shape index (κ3) is 3.61. The van der Waals surface area contributed by atoms with Crippen LogP contribution in [0, 0.1) is 0 Å². The highest BCUT2D eigenvalue weighted by Gasteiger charge is 2.53. The highest BCUT2D eigenvalue weighted by Crippen LogP contribution is 2.43. The molecular formula is C22H23Cl2N3O2. The molecule has 1 atom stereocenters. The van der Waals surface area contributed by atoms with E-state index in [1.54, 1.807) is 0 Å². The number of carbonyl (C=O) groups is 1. The largest absolute Gasteiger partial charge is 0.370 e. The van der Waals surface area contributed by atoms with Crippen molar-refractivity contribution >= 4 is 34.8 Å². The van der Waals surface area contributed by atoms with Crippen LogP contribution in [-0.4, -0.2) is 41.8 Å². The maximum absolute atomic E-state index is 12.6. The SMILES string of the molecule is O=C1N[C@]2(COC3(CCN(Cc4ccc(Cl)c(Cl)c4)CC3)C2)Nc2ccccc21. The van der Waals surface area contributed by atoms with E-state index in [1.165, 1.54) is 0 Å². The summed E-state index contributed by atoms with van der Waals surface area (Å²) < 4.78 is 6.33. The predicted octanol–water partition coefficient (Wildman–Crippen LogP) is 4.30. The van der Waals surface area contributed by atoms with Crippen molar-refractivity contribution in [3.8, 4) is 0 Å². The van der Waals surface area contributed by atoms with E-state index < -0.39 is 5.66 Å². The van der Waals surface area contributed by atoms with Gasteiger partial charge in [-0.15, -0.1) is 0 Å². The van der Waals surface area contributed by atoms with Gasteiger partial charge in [0, 0.05) is 31.7 Å². The maximum atomic E-state index is 12.6. The first-order valence-corrected chi connectivity index (χ1v) is 10.7. The van der Waals surface area contributed by atoms with Gasteiger partial charge in [0.2, 0.25) is 0 Å². The zero-order valence-corrected chi connectivity index (χ0v) is 17.5. The van der Waals surface area contributed by atoms with Crippen molar-refractivity contribution in [1.82, 2.24) is 10.2 Å². The Balaban J connectivity index is 1.24. The highest BCUT2D eigenvalue weighted by molar-refractivity contribution is 6.42. The Morgan fingerprint density at radius 1 is 1.03 bits per heavy atom. The van der Waals surface area contributed by atoms with Crippen molar-refractivity contribution in [3.05, 3.63) is 63.6 Å². The van der Waals surface area contributed by atoms with Gasteiger partial charge >= 0.3 is 0 Å². The Hall–Kier alpha value is -1.79. The molecule has 2 fully saturated rings. The van der Waals surface area contributed by atoms with E-state index in [4.69, 9.17) is 27.9 Å². The molecule has 152 valence electrons. The number of hydrogen-bond acceptors (Lipinski definition) is 4. The molecule has 3 aliphatic heterocycles. The number of hydrogen-bond donors (Lipinski definition) is 2. The molecule has 29 heavy (non-hydrogen) atoms. The van der Waals surface area contributed by atoms with E-state index in [0.717, 1.165) is 50.1 Å². The predicted molar refractivity (Wildman–Crippen MR) is 115 cm³/mol. The molecule has 2 aromatic rings. The van der Waals surface area contributed by atoms with Gasteiger partial charge in [0.15, 0.2) is 0 Å². The van der Waals surface area contributed by atoms with E-state index in [-0.39, 0.29) is 11.5 Å². The van der Waals surface area contributed by atoms with Crippen LogP contribution in [0.5, 0.6) is 0 Å². The van der Waals surface area contributed by atoms with Crippen LogP contribution in [-0.2, 0) is 11.3 Å². The Morgan fingerprint density at radius 2 is 1.83 bits per heavy atom. The summed E-state index contributed by atoms with van der Waals surface area (Å²) in [6.45, 7) is 3.22. The molecule has 2 N–H and O–H groups in total. The molecule has 3 aliphatic rings. The van der Waals surface area contributed by atoms with Gasteiger partial charge in [-0.25, -0.2) is 0 Å². The van der Waals surface area contributed by atoms with Crippen molar-refractivity contribution in [2.75, 3.05) is 25.0 Å². The highest BCUT2D eigenvalue weighted by atomic mass is 35.5. The summed E-state index contributed by atoms with van der Waals surface area (Å²) in [5, 5.41) is 7.89. The minimum absolute atomic E-state index is 0.0305. The number of benzene rings is 2. The second kappa shape index (κ2) is 7.17. The van der Waals surface area contributed by atoms with Crippen LogP contribution < -0.4 is 10.6 Å². The molecule has 3 heterocycles. The average Bonchev–Trinajstić information content (AvgIpc) is 3.04. The molecule has 0 bridgehead atoms. The molecule has 1 amide bonds. The van der Waals surface area contributed by atoms with Crippen molar-refractivity contribution in [2.24, 2.45) is 0 Å². The minimum atomic E-state index is -0.517. The quantitative estimate of drug-likeness (QED) is 0.743. The summed E-state index contributed by atoms with van der Waals surface area (Å²) in [5.41, 5.74) is 2.03. The smallest absolute Gasteiger partial charge is 0.255 e. The first kappa shape index (κ1) is 19.2. The first-order chi connectivity index (χ1) is 14.0. The van der Waals surface area contributed by atoms with E-state index in [1.807, 2.05) is 42.5 Å². The zero-order chi connectivity index (χ0) is 20.1. The molecule has 5 rings (SSSR count). The second-order valence-corrected chi connectivity index (χ2v) is 9.19. The summed E-state index contributed by atoms with van der Waals surface area (Å²) in [7, 11) is 0. The average molecular weight is 432 g/mol. The summed E-state index contributed by atoms with van der Waals surface area (Å²) in [6, 6.07) is 13.5. The Bertz CT molecular complexity index is 959. The van der Waals surface area contributed by atoms with Crippen LogP contribution in [0.1, 0.15) is 35.2 Å². The number of piperidine rings is 1. The molecule has 7 heteroatoms. The van der Waals surface area contributed by atoms with E-state index in [0.29, 0.717) is 22.2 Å². The lowest BCUT2D eigenvalue weighted by Crippen LogP contribution is -2.59. The van der Waals surface area contributed by atoms with Gasteiger partial charge in [-0.3, -0.25) is 9.69 Å². The molecule has 0 aromatic heterocycles. The Labute approximate surface area is 180 Å². The lowest BCUT2D eigenvalue weighted by atomic mass is 9.84. The third-order valence-electron chi connectivity index (χ3n) is 6.30. The van der Waals surface area contributed by atoms with Gasteiger partial charge in [0.1, 0.15) is 5.66 Å². The monoisotopic (exact) mass is 431 g/mol. The fourth-order valence-electron chi connectivity index (χ4n) is 4.79. The number of para-hydroxylation sites is 1. The number of rotatable bonds is 2. The van der Waals surface area contributed by atoms with Gasteiger partial charge in [-0.2, -0.15) is 0 Å². The number of halogens is 2. The maximum Gasteiger partial charge on any atom is 0.255 e. The molecule has 0 radical (unpaired) electrons. The molecular weight excluding hydrogens is 409 g/mol. The molecule has 2 saturated heterocycles. The number of anilines is 1. The van der Waals surface area contributed by atoms with Crippen LogP contribution in [0.15, 0.2) is 42.5 Å². The van der Waals surface area contributed by atoms with Crippen molar-refractivity contribution < 1.29 is 9.53 Å². The number of amides is 1. The van der Waals surface area contributed by atoms with E-state index in [2.05, 4.69) is 15.5 Å². The van der Waals surface area contributed by atoms with Crippen molar-refractivity contribution in [1.29, 1.82) is 0 Å². The van der Waals surface area contributed by atoms with Crippen LogP contribution >= 0.6 is 23.2 Å².